The number of rotatable bonds is 6. The fourth-order valence-electron chi connectivity index (χ4n) is 2.66. The van der Waals surface area contributed by atoms with Crippen molar-refractivity contribution in [3.63, 3.8) is 0 Å². The summed E-state index contributed by atoms with van der Waals surface area (Å²) in [4.78, 5) is 12.1. The summed E-state index contributed by atoms with van der Waals surface area (Å²) in [6, 6.07) is 15.6. The molecule has 0 saturated heterocycles. The van der Waals surface area contributed by atoms with Gasteiger partial charge >= 0.3 is 5.97 Å². The highest BCUT2D eigenvalue weighted by Gasteiger charge is 2.13. The highest BCUT2D eigenvalue weighted by atomic mass is 79.9. The van der Waals surface area contributed by atoms with Crippen LogP contribution in [0.1, 0.15) is 28.4 Å². The van der Waals surface area contributed by atoms with Gasteiger partial charge in [0.15, 0.2) is 0 Å². The van der Waals surface area contributed by atoms with E-state index in [1.807, 2.05) is 35.1 Å². The summed E-state index contributed by atoms with van der Waals surface area (Å²) in [5, 5.41) is 5.45. The molecule has 3 rings (SSSR count). The number of hydrogen-bond donors (Lipinski definition) is 0. The lowest BCUT2D eigenvalue weighted by molar-refractivity contribution is 0.0525. The Balaban J connectivity index is 1.83. The Labute approximate surface area is 169 Å². The number of carbonyl (C=O) groups excluding carboxylic acids is 1. The monoisotopic (exact) mass is 476 g/mol. The predicted molar refractivity (Wildman–Crippen MR) is 109 cm³/mol. The lowest BCUT2D eigenvalue weighted by atomic mass is 10.1. The molecule has 0 saturated carbocycles. The number of alkyl halides is 1. The van der Waals surface area contributed by atoms with E-state index < -0.39 is 0 Å². The summed E-state index contributed by atoms with van der Waals surface area (Å²) in [5.41, 5.74) is 4.59. The molecule has 6 heteroatoms. The minimum Gasteiger partial charge on any atom is -0.462 e. The smallest absolute Gasteiger partial charge is 0.338 e. The molecule has 0 aliphatic heterocycles. The minimum atomic E-state index is -0.301. The maximum Gasteiger partial charge on any atom is 0.338 e. The molecule has 134 valence electrons. The number of benzene rings is 2. The van der Waals surface area contributed by atoms with Gasteiger partial charge in [-0.25, -0.2) is 4.79 Å². The third kappa shape index (κ3) is 4.24. The van der Waals surface area contributed by atoms with Gasteiger partial charge in [0.05, 0.1) is 24.4 Å². The van der Waals surface area contributed by atoms with Crippen LogP contribution in [0.5, 0.6) is 0 Å². The molecular weight excluding hydrogens is 460 g/mol. The molecular formula is C20H18Br2N2O2. The van der Waals surface area contributed by atoms with Crippen LogP contribution in [0.2, 0.25) is 0 Å². The van der Waals surface area contributed by atoms with Crippen molar-refractivity contribution in [3.05, 3.63) is 75.9 Å². The van der Waals surface area contributed by atoms with Crippen molar-refractivity contribution >= 4 is 37.8 Å². The largest absolute Gasteiger partial charge is 0.462 e. The highest BCUT2D eigenvalue weighted by Crippen LogP contribution is 2.26. The normalized spacial score (nSPS) is 10.7. The van der Waals surface area contributed by atoms with E-state index in [4.69, 9.17) is 4.74 Å². The van der Waals surface area contributed by atoms with Gasteiger partial charge in [-0.05, 0) is 36.2 Å². The summed E-state index contributed by atoms with van der Waals surface area (Å²) in [7, 11) is 0. The van der Waals surface area contributed by atoms with Gasteiger partial charge in [-0.15, -0.1) is 0 Å². The highest BCUT2D eigenvalue weighted by molar-refractivity contribution is 9.10. The molecule has 3 aromatic rings. The van der Waals surface area contributed by atoms with Crippen LogP contribution < -0.4 is 0 Å². The van der Waals surface area contributed by atoms with E-state index in [2.05, 4.69) is 55.2 Å². The van der Waals surface area contributed by atoms with Crippen LogP contribution >= 0.6 is 31.9 Å². The van der Waals surface area contributed by atoms with Crippen LogP contribution in [0.3, 0.4) is 0 Å². The molecule has 0 radical (unpaired) electrons. The number of hydrogen-bond acceptors (Lipinski definition) is 3. The predicted octanol–water partition coefficient (Wildman–Crippen LogP) is 5.43. The van der Waals surface area contributed by atoms with Gasteiger partial charge in [-0.1, -0.05) is 62.2 Å². The minimum absolute atomic E-state index is 0.301. The van der Waals surface area contributed by atoms with Crippen molar-refractivity contribution in [2.75, 3.05) is 6.61 Å². The zero-order chi connectivity index (χ0) is 18.5. The van der Waals surface area contributed by atoms with Crippen LogP contribution in [-0.2, 0) is 16.6 Å². The Kier molecular flexibility index (Phi) is 6.27. The molecule has 4 nitrogen and oxygen atoms in total. The fourth-order valence-corrected chi connectivity index (χ4v) is 4.04. The first-order valence-corrected chi connectivity index (χ1v) is 10.2. The third-order valence-corrected chi connectivity index (χ3v) is 5.32. The number of nitrogens with zero attached hydrogens (tertiary/aromatic N) is 2. The first-order valence-electron chi connectivity index (χ1n) is 8.25. The molecule has 0 spiro atoms. The number of ether oxygens (including phenoxy) is 1. The van der Waals surface area contributed by atoms with E-state index in [1.54, 1.807) is 13.0 Å². The number of esters is 1. The molecule has 0 fully saturated rings. The van der Waals surface area contributed by atoms with Gasteiger partial charge in [0.1, 0.15) is 0 Å². The van der Waals surface area contributed by atoms with E-state index in [1.165, 1.54) is 5.56 Å². The Hall–Kier alpha value is -1.92. The van der Waals surface area contributed by atoms with Crippen LogP contribution in [0.25, 0.3) is 11.3 Å². The van der Waals surface area contributed by atoms with Crippen molar-refractivity contribution in [1.29, 1.82) is 0 Å². The average molecular weight is 478 g/mol. The molecule has 2 aromatic carbocycles. The maximum atomic E-state index is 12.1. The lowest BCUT2D eigenvalue weighted by Crippen LogP contribution is -2.11. The Morgan fingerprint density at radius 1 is 1.15 bits per heavy atom. The molecule has 0 aliphatic rings. The van der Waals surface area contributed by atoms with Crippen LogP contribution in [0.4, 0.5) is 0 Å². The van der Waals surface area contributed by atoms with E-state index in [0.29, 0.717) is 18.7 Å². The SMILES string of the molecule is CCOC(=O)c1ccccc1Cn1ccc(-c2ccc(CBr)c(Br)c2)n1. The first kappa shape index (κ1) is 18.9. The summed E-state index contributed by atoms with van der Waals surface area (Å²) >= 11 is 7.06. The Bertz CT molecular complexity index is 922. The van der Waals surface area contributed by atoms with Gasteiger partial charge in [0.25, 0.3) is 0 Å². The second-order valence-corrected chi connectivity index (χ2v) is 7.13. The Morgan fingerprint density at radius 3 is 2.69 bits per heavy atom. The Morgan fingerprint density at radius 2 is 1.96 bits per heavy atom. The first-order chi connectivity index (χ1) is 12.6. The second-order valence-electron chi connectivity index (χ2n) is 5.72. The molecule has 1 aromatic heterocycles. The van der Waals surface area contributed by atoms with E-state index in [0.717, 1.165) is 26.6 Å². The van der Waals surface area contributed by atoms with Crippen molar-refractivity contribution in [2.24, 2.45) is 0 Å². The van der Waals surface area contributed by atoms with Crippen molar-refractivity contribution in [2.45, 2.75) is 18.8 Å². The maximum absolute atomic E-state index is 12.1. The topological polar surface area (TPSA) is 44.1 Å². The van der Waals surface area contributed by atoms with E-state index >= 15 is 0 Å². The third-order valence-electron chi connectivity index (χ3n) is 3.98. The summed E-state index contributed by atoms with van der Waals surface area (Å²) in [6.45, 7) is 2.67. The van der Waals surface area contributed by atoms with E-state index in [9.17, 15) is 4.79 Å². The van der Waals surface area contributed by atoms with E-state index in [-0.39, 0.29) is 5.97 Å². The zero-order valence-electron chi connectivity index (χ0n) is 14.3. The van der Waals surface area contributed by atoms with Crippen LogP contribution in [0, 0.1) is 0 Å². The molecule has 0 atom stereocenters. The molecule has 0 N–H and O–H groups in total. The van der Waals surface area contributed by atoms with Gasteiger partial charge in [0, 0.05) is 21.6 Å². The molecule has 0 aliphatic carbocycles. The number of halogens is 2. The van der Waals surface area contributed by atoms with Gasteiger partial charge < -0.3 is 4.74 Å². The number of carbonyl (C=O) groups is 1. The van der Waals surface area contributed by atoms with Crippen molar-refractivity contribution in [3.8, 4) is 11.3 Å². The zero-order valence-corrected chi connectivity index (χ0v) is 17.5. The lowest BCUT2D eigenvalue weighted by Gasteiger charge is -2.09. The summed E-state index contributed by atoms with van der Waals surface area (Å²) in [5.74, 6) is -0.301. The molecule has 0 unspecified atom stereocenters. The molecule has 26 heavy (non-hydrogen) atoms. The summed E-state index contributed by atoms with van der Waals surface area (Å²) in [6.07, 6.45) is 1.92. The van der Waals surface area contributed by atoms with Gasteiger partial charge in [-0.3, -0.25) is 4.68 Å². The molecule has 0 bridgehead atoms. The fraction of sp³-hybridized carbons (Fsp3) is 0.200. The van der Waals surface area contributed by atoms with Crippen molar-refractivity contribution in [1.82, 2.24) is 9.78 Å². The molecule has 0 amide bonds. The molecule has 1 heterocycles. The quantitative estimate of drug-likeness (QED) is 0.351. The van der Waals surface area contributed by atoms with Gasteiger partial charge in [-0.2, -0.15) is 5.10 Å². The standard InChI is InChI=1S/C20H18Br2N2O2/c1-2-26-20(25)17-6-4-3-5-16(17)13-24-10-9-19(23-24)14-7-8-15(12-21)18(22)11-14/h3-11H,2,12-13H2,1H3. The average Bonchev–Trinajstić information content (AvgIpc) is 3.11. The summed E-state index contributed by atoms with van der Waals surface area (Å²) < 4.78 is 8.02. The van der Waals surface area contributed by atoms with Crippen LogP contribution in [-0.4, -0.2) is 22.4 Å². The van der Waals surface area contributed by atoms with Crippen molar-refractivity contribution < 1.29 is 9.53 Å². The second kappa shape index (κ2) is 8.64. The number of aromatic nitrogens is 2. The van der Waals surface area contributed by atoms with Gasteiger partial charge in [0.2, 0.25) is 0 Å². The van der Waals surface area contributed by atoms with Crippen LogP contribution in [0.15, 0.2) is 59.2 Å².